The van der Waals surface area contributed by atoms with Crippen molar-refractivity contribution in [2.75, 3.05) is 20.3 Å². The predicted octanol–water partition coefficient (Wildman–Crippen LogP) is 1.18. The van der Waals surface area contributed by atoms with E-state index >= 15 is 0 Å². The third-order valence-corrected chi connectivity index (χ3v) is 3.81. The van der Waals surface area contributed by atoms with Crippen molar-refractivity contribution in [3.05, 3.63) is 23.8 Å². The quantitative estimate of drug-likeness (QED) is 0.765. The topological polar surface area (TPSA) is 38.2 Å². The summed E-state index contributed by atoms with van der Waals surface area (Å²) in [4.78, 5) is 11.1. The molecule has 3 heterocycles. The fourth-order valence-electron chi connectivity index (χ4n) is 3.06. The molecule has 0 aromatic carbocycles. The fourth-order valence-corrected chi connectivity index (χ4v) is 3.06. The summed E-state index contributed by atoms with van der Waals surface area (Å²) in [7, 11) is 1.77. The van der Waals surface area contributed by atoms with E-state index in [1.54, 1.807) is 13.4 Å². The smallest absolute Gasteiger partial charge is 0.115 e. The third-order valence-electron chi connectivity index (χ3n) is 3.81. The molecule has 1 aromatic rings. The lowest BCUT2D eigenvalue weighted by molar-refractivity contribution is 0.108. The zero-order chi connectivity index (χ0) is 11.0. The molecule has 1 aromatic heterocycles. The van der Waals surface area contributed by atoms with E-state index in [0.29, 0.717) is 12.1 Å². The maximum absolute atomic E-state index is 5.18. The minimum atomic E-state index is 0.532. The van der Waals surface area contributed by atoms with Gasteiger partial charge >= 0.3 is 0 Å². The zero-order valence-corrected chi connectivity index (χ0v) is 9.59. The van der Waals surface area contributed by atoms with Crippen LogP contribution in [0.2, 0.25) is 0 Å². The van der Waals surface area contributed by atoms with Crippen molar-refractivity contribution >= 4 is 0 Å². The van der Waals surface area contributed by atoms with Crippen LogP contribution >= 0.6 is 0 Å². The standard InChI is InChI=1S/C12H17N3O/c1-16-5-4-15-9-2-3-12(15)10-7-13-8-14-11(10)6-9/h7-9,12H,2-6H2,1H3. The molecule has 0 N–H and O–H groups in total. The van der Waals surface area contributed by atoms with Crippen molar-refractivity contribution < 1.29 is 4.74 Å². The number of fused-ring (bicyclic) bond motifs is 4. The molecule has 0 spiro atoms. The molecular formula is C12H17N3O. The van der Waals surface area contributed by atoms with Gasteiger partial charge < -0.3 is 4.74 Å². The second-order valence-corrected chi connectivity index (χ2v) is 4.61. The summed E-state index contributed by atoms with van der Waals surface area (Å²) in [6.45, 7) is 1.84. The Labute approximate surface area is 95.7 Å². The Morgan fingerprint density at radius 1 is 1.50 bits per heavy atom. The molecule has 0 saturated carbocycles. The van der Waals surface area contributed by atoms with Crippen molar-refractivity contribution in [2.45, 2.75) is 31.3 Å². The first kappa shape index (κ1) is 10.2. The van der Waals surface area contributed by atoms with E-state index in [2.05, 4.69) is 14.9 Å². The highest BCUT2D eigenvalue weighted by Crippen LogP contribution is 2.42. The minimum absolute atomic E-state index is 0.532. The first-order chi connectivity index (χ1) is 7.90. The molecule has 2 bridgehead atoms. The maximum Gasteiger partial charge on any atom is 0.115 e. The van der Waals surface area contributed by atoms with Crippen LogP contribution < -0.4 is 0 Å². The van der Waals surface area contributed by atoms with Crippen LogP contribution in [0.4, 0.5) is 0 Å². The van der Waals surface area contributed by atoms with E-state index in [4.69, 9.17) is 4.74 Å². The number of ether oxygens (including phenoxy) is 1. The van der Waals surface area contributed by atoms with Crippen LogP contribution in [0.15, 0.2) is 12.5 Å². The highest BCUT2D eigenvalue weighted by atomic mass is 16.5. The van der Waals surface area contributed by atoms with E-state index < -0.39 is 0 Å². The molecule has 16 heavy (non-hydrogen) atoms. The van der Waals surface area contributed by atoms with Crippen LogP contribution in [0.1, 0.15) is 30.1 Å². The molecule has 4 nitrogen and oxygen atoms in total. The van der Waals surface area contributed by atoms with Crippen molar-refractivity contribution in [3.63, 3.8) is 0 Å². The molecule has 2 aliphatic rings. The molecule has 0 radical (unpaired) electrons. The van der Waals surface area contributed by atoms with Gasteiger partial charge in [0.1, 0.15) is 6.33 Å². The maximum atomic E-state index is 5.18. The van der Waals surface area contributed by atoms with Crippen molar-refractivity contribution in [1.82, 2.24) is 14.9 Å². The van der Waals surface area contributed by atoms with Gasteiger partial charge in [0.2, 0.25) is 0 Å². The Hall–Kier alpha value is -1.00. The molecule has 86 valence electrons. The van der Waals surface area contributed by atoms with Gasteiger partial charge in [0.25, 0.3) is 0 Å². The van der Waals surface area contributed by atoms with Crippen LogP contribution in [0.25, 0.3) is 0 Å². The summed E-state index contributed by atoms with van der Waals surface area (Å²) < 4.78 is 5.18. The lowest BCUT2D eigenvalue weighted by Crippen LogP contribution is -2.39. The van der Waals surface area contributed by atoms with Crippen LogP contribution in [0, 0.1) is 0 Å². The molecule has 2 aliphatic heterocycles. The average Bonchev–Trinajstić information content (AvgIpc) is 2.60. The number of rotatable bonds is 3. The van der Waals surface area contributed by atoms with Gasteiger partial charge in [-0.25, -0.2) is 9.97 Å². The largest absolute Gasteiger partial charge is 0.383 e. The average molecular weight is 219 g/mol. The van der Waals surface area contributed by atoms with Gasteiger partial charge in [-0.1, -0.05) is 0 Å². The lowest BCUT2D eigenvalue weighted by atomic mass is 9.99. The summed E-state index contributed by atoms with van der Waals surface area (Å²) in [6.07, 6.45) is 7.27. The Balaban J connectivity index is 1.87. The van der Waals surface area contributed by atoms with E-state index in [1.165, 1.54) is 24.1 Å². The van der Waals surface area contributed by atoms with Crippen LogP contribution in [-0.4, -0.2) is 41.2 Å². The normalized spacial score (nSPS) is 28.1. The first-order valence-electron chi connectivity index (χ1n) is 5.93. The van der Waals surface area contributed by atoms with Gasteiger partial charge in [-0.3, -0.25) is 4.90 Å². The summed E-state index contributed by atoms with van der Waals surface area (Å²) in [5.41, 5.74) is 2.60. The Bertz CT molecular complexity index is 382. The molecule has 0 amide bonds. The molecule has 0 aliphatic carbocycles. The fraction of sp³-hybridized carbons (Fsp3) is 0.667. The minimum Gasteiger partial charge on any atom is -0.383 e. The molecule has 1 fully saturated rings. The van der Waals surface area contributed by atoms with E-state index in [0.717, 1.165) is 19.6 Å². The Morgan fingerprint density at radius 2 is 2.44 bits per heavy atom. The third kappa shape index (κ3) is 1.53. The SMILES string of the molecule is COCCN1C2CCC1c1cncnc1C2. The number of nitrogens with zero attached hydrogens (tertiary/aromatic N) is 3. The van der Waals surface area contributed by atoms with Crippen molar-refractivity contribution in [1.29, 1.82) is 0 Å². The zero-order valence-electron chi connectivity index (χ0n) is 9.59. The molecular weight excluding hydrogens is 202 g/mol. The summed E-state index contributed by atoms with van der Waals surface area (Å²) in [5, 5.41) is 0. The van der Waals surface area contributed by atoms with Crippen LogP contribution in [0.5, 0.6) is 0 Å². The number of hydrogen-bond donors (Lipinski definition) is 0. The second-order valence-electron chi connectivity index (χ2n) is 4.61. The van der Waals surface area contributed by atoms with Crippen molar-refractivity contribution in [2.24, 2.45) is 0 Å². The summed E-state index contributed by atoms with van der Waals surface area (Å²) in [5.74, 6) is 0. The van der Waals surface area contributed by atoms with E-state index in [9.17, 15) is 0 Å². The number of methoxy groups -OCH3 is 1. The number of aromatic nitrogens is 2. The van der Waals surface area contributed by atoms with Gasteiger partial charge in [-0.2, -0.15) is 0 Å². The first-order valence-corrected chi connectivity index (χ1v) is 5.93. The Morgan fingerprint density at radius 3 is 3.31 bits per heavy atom. The van der Waals surface area contributed by atoms with Crippen molar-refractivity contribution in [3.8, 4) is 0 Å². The van der Waals surface area contributed by atoms with Gasteiger partial charge in [-0.15, -0.1) is 0 Å². The highest BCUT2D eigenvalue weighted by Gasteiger charge is 2.39. The van der Waals surface area contributed by atoms with Gasteiger partial charge in [-0.05, 0) is 12.8 Å². The van der Waals surface area contributed by atoms with E-state index in [-0.39, 0.29) is 0 Å². The summed E-state index contributed by atoms with van der Waals surface area (Å²) in [6, 6.07) is 1.20. The second kappa shape index (κ2) is 4.11. The predicted molar refractivity (Wildman–Crippen MR) is 60.1 cm³/mol. The van der Waals surface area contributed by atoms with Gasteiger partial charge in [0.15, 0.2) is 0 Å². The molecule has 3 rings (SSSR count). The van der Waals surface area contributed by atoms with Crippen LogP contribution in [-0.2, 0) is 11.2 Å². The van der Waals surface area contributed by atoms with Crippen LogP contribution in [0.3, 0.4) is 0 Å². The highest BCUT2D eigenvalue weighted by molar-refractivity contribution is 5.27. The van der Waals surface area contributed by atoms with Gasteiger partial charge in [0, 0.05) is 43.9 Å². The van der Waals surface area contributed by atoms with Gasteiger partial charge in [0.05, 0.1) is 12.3 Å². The molecule has 1 saturated heterocycles. The number of hydrogen-bond acceptors (Lipinski definition) is 4. The Kier molecular flexibility index (Phi) is 2.61. The molecule has 2 unspecified atom stereocenters. The summed E-state index contributed by atoms with van der Waals surface area (Å²) >= 11 is 0. The monoisotopic (exact) mass is 219 g/mol. The molecule has 4 heteroatoms. The molecule has 2 atom stereocenters. The lowest BCUT2D eigenvalue weighted by Gasteiger charge is -2.35. The van der Waals surface area contributed by atoms with E-state index in [1.807, 2.05) is 6.20 Å².